The standard InChI is InChI=1S/C15H18N2O4/c18-12-5-6-16(9-12)15(21)17-8-11(14(19)20)7-10-3-1-2-4-13(10)17/h1-4,11-12,18H,5-9H2,(H,19,20). The Labute approximate surface area is 122 Å². The molecule has 2 amide bonds. The van der Waals surface area contributed by atoms with Crippen LogP contribution < -0.4 is 4.90 Å². The number of carbonyl (C=O) groups excluding carboxylic acids is 1. The third-order valence-corrected chi connectivity index (χ3v) is 4.17. The summed E-state index contributed by atoms with van der Waals surface area (Å²) in [6.07, 6.45) is 0.533. The van der Waals surface area contributed by atoms with Gasteiger partial charge in [0.25, 0.3) is 0 Å². The van der Waals surface area contributed by atoms with Gasteiger partial charge in [0.15, 0.2) is 0 Å². The summed E-state index contributed by atoms with van der Waals surface area (Å²) in [5.74, 6) is -1.47. The number of carboxylic acids is 1. The zero-order valence-electron chi connectivity index (χ0n) is 11.6. The number of para-hydroxylation sites is 1. The lowest BCUT2D eigenvalue weighted by molar-refractivity contribution is -0.141. The van der Waals surface area contributed by atoms with Crippen molar-refractivity contribution in [2.24, 2.45) is 5.92 Å². The van der Waals surface area contributed by atoms with E-state index in [2.05, 4.69) is 0 Å². The Morgan fingerprint density at radius 3 is 2.62 bits per heavy atom. The Morgan fingerprint density at radius 1 is 1.19 bits per heavy atom. The first-order valence-corrected chi connectivity index (χ1v) is 7.11. The minimum atomic E-state index is -0.885. The van der Waals surface area contributed by atoms with E-state index in [1.807, 2.05) is 24.3 Å². The lowest BCUT2D eigenvalue weighted by atomic mass is 9.93. The van der Waals surface area contributed by atoms with Crippen LogP contribution in [0.25, 0.3) is 0 Å². The molecule has 1 aromatic rings. The number of anilines is 1. The van der Waals surface area contributed by atoms with Gasteiger partial charge in [0.2, 0.25) is 0 Å². The van der Waals surface area contributed by atoms with Crippen molar-refractivity contribution in [1.82, 2.24) is 4.90 Å². The second-order valence-corrected chi connectivity index (χ2v) is 5.65. The third-order valence-electron chi connectivity index (χ3n) is 4.17. The smallest absolute Gasteiger partial charge is 0.324 e. The molecule has 1 aromatic carbocycles. The largest absolute Gasteiger partial charge is 0.481 e. The Morgan fingerprint density at radius 2 is 1.95 bits per heavy atom. The summed E-state index contributed by atoms with van der Waals surface area (Å²) in [6, 6.07) is 7.19. The van der Waals surface area contributed by atoms with Crippen LogP contribution in [0.5, 0.6) is 0 Å². The molecule has 2 atom stereocenters. The molecule has 0 spiro atoms. The van der Waals surface area contributed by atoms with Crippen molar-refractivity contribution in [2.45, 2.75) is 18.9 Å². The van der Waals surface area contributed by atoms with Crippen LogP contribution in [0.15, 0.2) is 24.3 Å². The summed E-state index contributed by atoms with van der Waals surface area (Å²) >= 11 is 0. The molecule has 2 unspecified atom stereocenters. The quantitative estimate of drug-likeness (QED) is 0.806. The number of rotatable bonds is 1. The van der Waals surface area contributed by atoms with E-state index in [9.17, 15) is 19.8 Å². The van der Waals surface area contributed by atoms with Gasteiger partial charge in [-0.05, 0) is 24.5 Å². The number of amides is 2. The van der Waals surface area contributed by atoms with Crippen molar-refractivity contribution in [2.75, 3.05) is 24.5 Å². The fraction of sp³-hybridized carbons (Fsp3) is 0.467. The van der Waals surface area contributed by atoms with Gasteiger partial charge >= 0.3 is 12.0 Å². The maximum absolute atomic E-state index is 12.6. The monoisotopic (exact) mass is 290 g/mol. The highest BCUT2D eigenvalue weighted by Gasteiger charge is 2.35. The third kappa shape index (κ3) is 2.58. The molecule has 2 aliphatic rings. The van der Waals surface area contributed by atoms with E-state index in [4.69, 9.17) is 0 Å². The van der Waals surface area contributed by atoms with E-state index in [0.29, 0.717) is 25.9 Å². The average molecular weight is 290 g/mol. The SMILES string of the molecule is O=C(O)C1Cc2ccccc2N(C(=O)N2CCC(O)C2)C1. The number of carbonyl (C=O) groups is 2. The molecule has 21 heavy (non-hydrogen) atoms. The summed E-state index contributed by atoms with van der Waals surface area (Å²) in [7, 11) is 0. The number of carboxylic acid groups (broad SMARTS) is 1. The molecule has 0 saturated carbocycles. The van der Waals surface area contributed by atoms with Crippen LogP contribution in [0.4, 0.5) is 10.5 Å². The Hall–Kier alpha value is -2.08. The minimum Gasteiger partial charge on any atom is -0.481 e. The van der Waals surface area contributed by atoms with E-state index < -0.39 is 18.0 Å². The van der Waals surface area contributed by atoms with E-state index in [1.165, 1.54) is 4.90 Å². The molecule has 3 rings (SSSR count). The Bertz CT molecular complexity index is 575. The highest BCUT2D eigenvalue weighted by molar-refractivity contribution is 5.94. The van der Waals surface area contributed by atoms with Crippen LogP contribution in [0, 0.1) is 5.92 Å². The summed E-state index contributed by atoms with van der Waals surface area (Å²) in [4.78, 5) is 27.1. The van der Waals surface area contributed by atoms with Crippen LogP contribution >= 0.6 is 0 Å². The normalized spacial score (nSPS) is 24.8. The molecule has 1 saturated heterocycles. The second kappa shape index (κ2) is 5.37. The predicted molar refractivity (Wildman–Crippen MR) is 76.2 cm³/mol. The fourth-order valence-electron chi connectivity index (χ4n) is 3.03. The highest BCUT2D eigenvalue weighted by atomic mass is 16.4. The van der Waals surface area contributed by atoms with Gasteiger partial charge < -0.3 is 15.1 Å². The van der Waals surface area contributed by atoms with Crippen molar-refractivity contribution in [3.8, 4) is 0 Å². The first-order valence-electron chi connectivity index (χ1n) is 7.11. The average Bonchev–Trinajstić information content (AvgIpc) is 2.92. The zero-order valence-corrected chi connectivity index (χ0v) is 11.6. The first kappa shape index (κ1) is 13.9. The number of nitrogens with zero attached hydrogens (tertiary/aromatic N) is 2. The molecule has 0 aliphatic carbocycles. The van der Waals surface area contributed by atoms with Crippen molar-refractivity contribution in [3.05, 3.63) is 29.8 Å². The maximum atomic E-state index is 12.6. The number of fused-ring (bicyclic) bond motifs is 1. The van der Waals surface area contributed by atoms with Gasteiger partial charge in [-0.2, -0.15) is 0 Å². The van der Waals surface area contributed by atoms with Gasteiger partial charge in [-0.15, -0.1) is 0 Å². The number of hydrogen-bond acceptors (Lipinski definition) is 3. The topological polar surface area (TPSA) is 81.1 Å². The molecule has 2 heterocycles. The van der Waals surface area contributed by atoms with E-state index in [-0.39, 0.29) is 12.6 Å². The second-order valence-electron chi connectivity index (χ2n) is 5.65. The van der Waals surface area contributed by atoms with Crippen LogP contribution in [-0.2, 0) is 11.2 Å². The molecule has 1 fully saturated rings. The van der Waals surface area contributed by atoms with E-state index >= 15 is 0 Å². The van der Waals surface area contributed by atoms with Crippen molar-refractivity contribution in [1.29, 1.82) is 0 Å². The number of aliphatic carboxylic acids is 1. The highest BCUT2D eigenvalue weighted by Crippen LogP contribution is 2.31. The maximum Gasteiger partial charge on any atom is 0.324 e. The minimum absolute atomic E-state index is 0.178. The number of benzene rings is 1. The van der Waals surface area contributed by atoms with Gasteiger partial charge in [-0.1, -0.05) is 18.2 Å². The zero-order chi connectivity index (χ0) is 15.0. The predicted octanol–water partition coefficient (Wildman–Crippen LogP) is 0.937. The molecular weight excluding hydrogens is 272 g/mol. The Kier molecular flexibility index (Phi) is 3.55. The van der Waals surface area contributed by atoms with Crippen molar-refractivity contribution < 1.29 is 19.8 Å². The van der Waals surface area contributed by atoms with E-state index in [0.717, 1.165) is 11.3 Å². The lowest BCUT2D eigenvalue weighted by Crippen LogP contribution is -2.48. The lowest BCUT2D eigenvalue weighted by Gasteiger charge is -2.35. The van der Waals surface area contributed by atoms with Crippen LogP contribution in [-0.4, -0.2) is 52.9 Å². The number of aliphatic hydroxyl groups excluding tert-OH is 1. The molecule has 6 nitrogen and oxygen atoms in total. The van der Waals surface area contributed by atoms with Gasteiger partial charge in [-0.25, -0.2) is 4.79 Å². The van der Waals surface area contributed by atoms with Crippen LogP contribution in [0.3, 0.4) is 0 Å². The van der Waals surface area contributed by atoms with Gasteiger partial charge in [-0.3, -0.25) is 9.69 Å². The van der Waals surface area contributed by atoms with Gasteiger partial charge in [0.1, 0.15) is 0 Å². The van der Waals surface area contributed by atoms with Crippen molar-refractivity contribution >= 4 is 17.7 Å². The molecule has 2 N–H and O–H groups in total. The molecule has 0 aromatic heterocycles. The number of likely N-dealkylation sites (tertiary alicyclic amines) is 1. The molecular formula is C15H18N2O4. The summed E-state index contributed by atoms with van der Waals surface area (Å²) in [5, 5.41) is 18.9. The number of urea groups is 1. The van der Waals surface area contributed by atoms with Crippen LogP contribution in [0.1, 0.15) is 12.0 Å². The number of β-amino-alcohol motifs (C(OH)–C–C–N with tert-alkyl or cyclic N) is 1. The molecule has 0 radical (unpaired) electrons. The Balaban J connectivity index is 1.89. The molecule has 6 heteroatoms. The first-order chi connectivity index (χ1) is 10.1. The molecule has 0 bridgehead atoms. The summed E-state index contributed by atoms with van der Waals surface area (Å²) in [5.41, 5.74) is 1.66. The number of aliphatic hydroxyl groups is 1. The number of hydrogen-bond donors (Lipinski definition) is 2. The molecule has 2 aliphatic heterocycles. The fourth-order valence-corrected chi connectivity index (χ4v) is 3.03. The van der Waals surface area contributed by atoms with Crippen molar-refractivity contribution in [3.63, 3.8) is 0 Å². The summed E-state index contributed by atoms with van der Waals surface area (Å²) < 4.78 is 0. The van der Waals surface area contributed by atoms with E-state index in [1.54, 1.807) is 4.90 Å². The van der Waals surface area contributed by atoms with Gasteiger partial charge in [0.05, 0.1) is 12.0 Å². The molecule has 112 valence electrons. The van der Waals surface area contributed by atoms with Gasteiger partial charge in [0, 0.05) is 25.3 Å². The van der Waals surface area contributed by atoms with Crippen LogP contribution in [0.2, 0.25) is 0 Å². The summed E-state index contributed by atoms with van der Waals surface area (Å²) in [6.45, 7) is 1.00.